The number of halogens is 1. The van der Waals surface area contributed by atoms with Gasteiger partial charge in [0.05, 0.1) is 0 Å². The lowest BCUT2D eigenvalue weighted by atomic mass is 10.1. The Hall–Kier alpha value is -2.20. The van der Waals surface area contributed by atoms with Crippen molar-refractivity contribution in [2.45, 2.75) is 44.8 Å². The van der Waals surface area contributed by atoms with Crippen molar-refractivity contribution in [1.29, 1.82) is 0 Å². The van der Waals surface area contributed by atoms with Gasteiger partial charge in [-0.25, -0.2) is 4.39 Å². The van der Waals surface area contributed by atoms with Gasteiger partial charge in [0, 0.05) is 32.1 Å². The largest absolute Gasteiger partial charge is 0.338 e. The van der Waals surface area contributed by atoms with Gasteiger partial charge in [0.2, 0.25) is 5.91 Å². The molecule has 1 heterocycles. The van der Waals surface area contributed by atoms with Gasteiger partial charge in [-0.05, 0) is 53.6 Å². The van der Waals surface area contributed by atoms with Crippen LogP contribution in [-0.4, -0.2) is 17.4 Å². The summed E-state index contributed by atoms with van der Waals surface area (Å²) in [5.41, 5.74) is 4.74. The Morgan fingerprint density at radius 1 is 1.08 bits per heavy atom. The highest BCUT2D eigenvalue weighted by molar-refractivity contribution is 5.78. The van der Waals surface area contributed by atoms with Crippen molar-refractivity contribution in [2.24, 2.45) is 0 Å². The van der Waals surface area contributed by atoms with Crippen LogP contribution in [-0.2, 0) is 24.3 Å². The maximum atomic E-state index is 13.5. The molecule has 1 unspecified atom stereocenters. The molecule has 1 fully saturated rings. The van der Waals surface area contributed by atoms with E-state index < -0.39 is 0 Å². The number of carbonyl (C=O) groups is 1. The van der Waals surface area contributed by atoms with Crippen molar-refractivity contribution < 1.29 is 9.18 Å². The molecule has 1 saturated heterocycles. The highest BCUT2D eigenvalue weighted by atomic mass is 19.1. The van der Waals surface area contributed by atoms with Crippen LogP contribution in [0.5, 0.6) is 0 Å². The van der Waals surface area contributed by atoms with Crippen LogP contribution in [0.4, 0.5) is 4.39 Å². The van der Waals surface area contributed by atoms with Gasteiger partial charge >= 0.3 is 0 Å². The Kier molecular flexibility index (Phi) is 4.53. The number of hydrogen-bond acceptors (Lipinski definition) is 2. The monoisotopic (exact) mass is 338 g/mol. The second-order valence-corrected chi connectivity index (χ2v) is 7.05. The third-order valence-corrected chi connectivity index (χ3v) is 5.31. The smallest absolute Gasteiger partial charge is 0.222 e. The molecule has 1 N–H and O–H groups in total. The first kappa shape index (κ1) is 16.3. The van der Waals surface area contributed by atoms with Crippen molar-refractivity contribution in [2.75, 3.05) is 6.54 Å². The van der Waals surface area contributed by atoms with Gasteiger partial charge in [-0.2, -0.15) is 0 Å². The zero-order chi connectivity index (χ0) is 17.2. The fourth-order valence-corrected chi connectivity index (χ4v) is 3.88. The van der Waals surface area contributed by atoms with Crippen LogP contribution in [0.15, 0.2) is 42.5 Å². The van der Waals surface area contributed by atoms with Crippen LogP contribution >= 0.6 is 0 Å². The summed E-state index contributed by atoms with van der Waals surface area (Å²) in [5, 5.41) is 3.55. The molecule has 0 aromatic heterocycles. The number of likely N-dealkylation sites (tertiary alicyclic amines) is 1. The van der Waals surface area contributed by atoms with E-state index in [2.05, 4.69) is 29.6 Å². The van der Waals surface area contributed by atoms with E-state index >= 15 is 0 Å². The average molecular weight is 338 g/mol. The van der Waals surface area contributed by atoms with Gasteiger partial charge in [0.1, 0.15) is 5.82 Å². The second-order valence-electron chi connectivity index (χ2n) is 7.05. The van der Waals surface area contributed by atoms with Crippen LogP contribution in [0, 0.1) is 5.82 Å². The predicted molar refractivity (Wildman–Crippen MR) is 95.4 cm³/mol. The maximum absolute atomic E-state index is 13.5. The highest BCUT2D eigenvalue weighted by Crippen LogP contribution is 2.31. The van der Waals surface area contributed by atoms with Gasteiger partial charge in [-0.15, -0.1) is 0 Å². The molecule has 2 aromatic carbocycles. The first-order valence-corrected chi connectivity index (χ1v) is 9.06. The molecule has 1 aliphatic carbocycles. The third-order valence-electron chi connectivity index (χ3n) is 5.31. The van der Waals surface area contributed by atoms with Crippen LogP contribution in [0.3, 0.4) is 0 Å². The molecule has 0 saturated carbocycles. The molecular weight excluding hydrogens is 315 g/mol. The van der Waals surface area contributed by atoms with E-state index in [4.69, 9.17) is 0 Å². The number of benzene rings is 2. The molecule has 25 heavy (non-hydrogen) atoms. The normalized spacial score (nSPS) is 19.5. The number of rotatable bonds is 5. The third kappa shape index (κ3) is 3.59. The molecule has 2 aliphatic rings. The van der Waals surface area contributed by atoms with Gasteiger partial charge in [-0.3, -0.25) is 4.79 Å². The first-order valence-electron chi connectivity index (χ1n) is 9.06. The number of amides is 1. The quantitative estimate of drug-likeness (QED) is 0.901. The summed E-state index contributed by atoms with van der Waals surface area (Å²) in [4.78, 5) is 13.6. The Balaban J connectivity index is 1.35. The minimum atomic E-state index is -0.159. The second kappa shape index (κ2) is 6.96. The molecule has 0 bridgehead atoms. The van der Waals surface area contributed by atoms with Crippen LogP contribution in [0.25, 0.3) is 0 Å². The summed E-state index contributed by atoms with van der Waals surface area (Å²) in [6.07, 6.45) is 3.69. The molecule has 0 radical (unpaired) electrons. The lowest BCUT2D eigenvalue weighted by Gasteiger charge is -2.16. The van der Waals surface area contributed by atoms with Crippen LogP contribution < -0.4 is 5.32 Å². The first-order chi connectivity index (χ1) is 12.2. The summed E-state index contributed by atoms with van der Waals surface area (Å²) >= 11 is 0. The number of hydrogen-bond donors (Lipinski definition) is 1. The molecule has 4 rings (SSSR count). The van der Waals surface area contributed by atoms with E-state index in [1.54, 1.807) is 12.1 Å². The van der Waals surface area contributed by atoms with E-state index in [9.17, 15) is 9.18 Å². The zero-order valence-corrected chi connectivity index (χ0v) is 14.3. The van der Waals surface area contributed by atoms with Crippen LogP contribution in [0.2, 0.25) is 0 Å². The summed E-state index contributed by atoms with van der Waals surface area (Å²) in [6.45, 7) is 2.35. The van der Waals surface area contributed by atoms with Crippen molar-refractivity contribution in [3.8, 4) is 0 Å². The van der Waals surface area contributed by atoms with Crippen molar-refractivity contribution in [3.63, 3.8) is 0 Å². The minimum absolute atomic E-state index is 0.159. The zero-order valence-electron chi connectivity index (χ0n) is 14.3. The molecule has 0 spiro atoms. The van der Waals surface area contributed by atoms with Gasteiger partial charge in [0.15, 0.2) is 0 Å². The molecule has 4 heteroatoms. The number of nitrogens with one attached hydrogen (secondary N) is 1. The van der Waals surface area contributed by atoms with Gasteiger partial charge in [0.25, 0.3) is 0 Å². The minimum Gasteiger partial charge on any atom is -0.338 e. The molecule has 1 amide bonds. The summed E-state index contributed by atoms with van der Waals surface area (Å²) < 4.78 is 13.5. The van der Waals surface area contributed by atoms with E-state index in [1.807, 2.05) is 11.0 Å². The van der Waals surface area contributed by atoms with Gasteiger partial charge in [-0.1, -0.05) is 30.3 Å². The van der Waals surface area contributed by atoms with E-state index in [1.165, 1.54) is 16.7 Å². The van der Waals surface area contributed by atoms with Crippen molar-refractivity contribution in [1.82, 2.24) is 10.2 Å². The summed E-state index contributed by atoms with van der Waals surface area (Å²) in [6, 6.07) is 13.8. The topological polar surface area (TPSA) is 32.3 Å². The van der Waals surface area contributed by atoms with Crippen molar-refractivity contribution >= 4 is 5.91 Å². The highest BCUT2D eigenvalue weighted by Gasteiger charge is 2.22. The Bertz CT molecular complexity index is 772. The molecule has 1 aliphatic heterocycles. The van der Waals surface area contributed by atoms with E-state index in [-0.39, 0.29) is 17.8 Å². The summed E-state index contributed by atoms with van der Waals surface area (Å²) in [7, 11) is 0. The lowest BCUT2D eigenvalue weighted by Crippen LogP contribution is -2.23. The number of fused-ring (bicyclic) bond motifs is 1. The molecule has 2 aromatic rings. The lowest BCUT2D eigenvalue weighted by molar-refractivity contribution is -0.128. The Morgan fingerprint density at radius 3 is 2.64 bits per heavy atom. The molecule has 1 atom stereocenters. The standard InChI is InChI=1S/C21H23FN2O/c22-18-9-7-17-8-10-20(19(17)12-18)23-13-15-3-5-16(6-4-15)14-24-11-1-2-21(24)25/h3-7,9,12,20,23H,1-2,8,10-11,13-14H2. The van der Waals surface area contributed by atoms with Gasteiger partial charge < -0.3 is 10.2 Å². The molecular formula is C21H23FN2O. The molecule has 130 valence electrons. The van der Waals surface area contributed by atoms with Crippen LogP contribution in [0.1, 0.15) is 47.6 Å². The SMILES string of the molecule is O=C1CCCN1Cc1ccc(CNC2CCc3ccc(F)cc32)cc1. The number of nitrogens with zero attached hydrogens (tertiary/aromatic N) is 1. The average Bonchev–Trinajstić information content (AvgIpc) is 3.20. The number of aryl methyl sites for hydroxylation is 1. The Morgan fingerprint density at radius 2 is 1.88 bits per heavy atom. The Labute approximate surface area is 147 Å². The fraction of sp³-hybridized carbons (Fsp3) is 0.381. The maximum Gasteiger partial charge on any atom is 0.222 e. The molecule has 3 nitrogen and oxygen atoms in total. The number of carbonyl (C=O) groups excluding carboxylic acids is 1. The fourth-order valence-electron chi connectivity index (χ4n) is 3.88. The van der Waals surface area contributed by atoms with E-state index in [0.717, 1.165) is 37.9 Å². The summed E-state index contributed by atoms with van der Waals surface area (Å²) in [5.74, 6) is 0.103. The predicted octanol–water partition coefficient (Wildman–Crippen LogP) is 3.73. The van der Waals surface area contributed by atoms with Crippen molar-refractivity contribution in [3.05, 3.63) is 70.5 Å². The van der Waals surface area contributed by atoms with E-state index in [0.29, 0.717) is 13.0 Å².